The molecule has 126 valence electrons. The van der Waals surface area contributed by atoms with Crippen LogP contribution in [0, 0.1) is 11.3 Å². The van der Waals surface area contributed by atoms with Crippen LogP contribution in [0.4, 0.5) is 0 Å². The standard InChI is InChI=1S/C18H27N3O2/c1-18(2,3)14-6-8-15(9-7-14)21-17(23)16(22)20-12-13-5-4-10-19-11-13/h4-5,10-11,14-15H,6-9,12H2,1-3H3,(H,20,22)(H,21,23). The third kappa shape index (κ3) is 5.34. The highest BCUT2D eigenvalue weighted by molar-refractivity contribution is 6.35. The van der Waals surface area contributed by atoms with E-state index in [0.29, 0.717) is 17.9 Å². The Hall–Kier alpha value is -1.91. The first-order chi connectivity index (χ1) is 10.9. The van der Waals surface area contributed by atoms with E-state index < -0.39 is 11.8 Å². The Labute approximate surface area is 138 Å². The van der Waals surface area contributed by atoms with Gasteiger partial charge in [0.05, 0.1) is 0 Å². The normalized spacial score (nSPS) is 21.5. The van der Waals surface area contributed by atoms with Gasteiger partial charge >= 0.3 is 11.8 Å². The molecule has 0 bridgehead atoms. The fourth-order valence-corrected chi connectivity index (χ4v) is 3.12. The van der Waals surface area contributed by atoms with Crippen LogP contribution in [0.5, 0.6) is 0 Å². The molecule has 2 rings (SSSR count). The van der Waals surface area contributed by atoms with Crippen LogP contribution >= 0.6 is 0 Å². The van der Waals surface area contributed by atoms with Gasteiger partial charge in [0.1, 0.15) is 0 Å². The van der Waals surface area contributed by atoms with Gasteiger partial charge in [-0.2, -0.15) is 0 Å². The van der Waals surface area contributed by atoms with Gasteiger partial charge in [-0.25, -0.2) is 0 Å². The summed E-state index contributed by atoms with van der Waals surface area (Å²) in [6.07, 6.45) is 7.45. The molecule has 0 spiro atoms. The molecule has 1 aliphatic carbocycles. The van der Waals surface area contributed by atoms with Gasteiger partial charge < -0.3 is 10.6 Å². The van der Waals surface area contributed by atoms with E-state index in [1.165, 1.54) is 0 Å². The molecule has 1 fully saturated rings. The van der Waals surface area contributed by atoms with E-state index in [4.69, 9.17) is 0 Å². The second-order valence-electron chi connectivity index (χ2n) is 7.43. The molecule has 1 aromatic rings. The van der Waals surface area contributed by atoms with Gasteiger partial charge in [0.15, 0.2) is 0 Å². The summed E-state index contributed by atoms with van der Waals surface area (Å²) < 4.78 is 0. The lowest BCUT2D eigenvalue weighted by molar-refractivity contribution is -0.139. The molecule has 0 saturated heterocycles. The molecular formula is C18H27N3O2. The predicted octanol–water partition coefficient (Wildman–Crippen LogP) is 2.42. The number of aromatic nitrogens is 1. The minimum atomic E-state index is -0.577. The molecule has 0 radical (unpaired) electrons. The third-order valence-corrected chi connectivity index (χ3v) is 4.67. The average molecular weight is 317 g/mol. The number of hydrogen-bond acceptors (Lipinski definition) is 3. The van der Waals surface area contributed by atoms with Crippen molar-refractivity contribution in [2.24, 2.45) is 11.3 Å². The van der Waals surface area contributed by atoms with Gasteiger partial charge in [-0.1, -0.05) is 26.8 Å². The highest BCUT2D eigenvalue weighted by atomic mass is 16.2. The van der Waals surface area contributed by atoms with Crippen LogP contribution in [-0.4, -0.2) is 22.8 Å². The minimum absolute atomic E-state index is 0.116. The number of amides is 2. The first-order valence-electron chi connectivity index (χ1n) is 8.34. The van der Waals surface area contributed by atoms with Gasteiger partial charge in [0.2, 0.25) is 0 Å². The molecule has 1 heterocycles. The molecule has 1 aromatic heterocycles. The fourth-order valence-electron chi connectivity index (χ4n) is 3.12. The molecule has 23 heavy (non-hydrogen) atoms. The first-order valence-corrected chi connectivity index (χ1v) is 8.34. The maximum absolute atomic E-state index is 12.0. The summed E-state index contributed by atoms with van der Waals surface area (Å²) in [6.45, 7) is 7.12. The van der Waals surface area contributed by atoms with E-state index >= 15 is 0 Å². The summed E-state index contributed by atoms with van der Waals surface area (Å²) >= 11 is 0. The summed E-state index contributed by atoms with van der Waals surface area (Å²) in [7, 11) is 0. The SMILES string of the molecule is CC(C)(C)C1CCC(NC(=O)C(=O)NCc2cccnc2)CC1. The van der Waals surface area contributed by atoms with Gasteiger partial charge in [0.25, 0.3) is 0 Å². The quantitative estimate of drug-likeness (QED) is 0.841. The summed E-state index contributed by atoms with van der Waals surface area (Å²) in [5.74, 6) is -0.421. The zero-order valence-electron chi connectivity index (χ0n) is 14.3. The molecule has 2 N–H and O–H groups in total. The maximum atomic E-state index is 12.0. The van der Waals surface area contributed by atoms with Crippen LogP contribution in [0.3, 0.4) is 0 Å². The number of hydrogen-bond donors (Lipinski definition) is 2. The zero-order valence-corrected chi connectivity index (χ0v) is 14.3. The van der Waals surface area contributed by atoms with Crippen LogP contribution < -0.4 is 10.6 Å². The molecule has 0 aromatic carbocycles. The Morgan fingerprint density at radius 2 is 1.87 bits per heavy atom. The highest BCUT2D eigenvalue weighted by Crippen LogP contribution is 2.37. The van der Waals surface area contributed by atoms with Gasteiger partial charge in [-0.15, -0.1) is 0 Å². The molecule has 1 aliphatic rings. The highest BCUT2D eigenvalue weighted by Gasteiger charge is 2.30. The summed E-state index contributed by atoms with van der Waals surface area (Å²) in [6, 6.07) is 3.78. The van der Waals surface area contributed by atoms with Crippen molar-refractivity contribution in [3.8, 4) is 0 Å². The number of carbonyl (C=O) groups excluding carboxylic acids is 2. The van der Waals surface area contributed by atoms with Crippen molar-refractivity contribution < 1.29 is 9.59 Å². The summed E-state index contributed by atoms with van der Waals surface area (Å²) in [4.78, 5) is 27.8. The van der Waals surface area contributed by atoms with Crippen LogP contribution in [0.2, 0.25) is 0 Å². The molecular weight excluding hydrogens is 290 g/mol. The van der Waals surface area contributed by atoms with Gasteiger partial charge in [0, 0.05) is 25.0 Å². The van der Waals surface area contributed by atoms with E-state index in [2.05, 4.69) is 36.4 Å². The van der Waals surface area contributed by atoms with Crippen LogP contribution in [0.15, 0.2) is 24.5 Å². The van der Waals surface area contributed by atoms with Crippen molar-refractivity contribution in [3.05, 3.63) is 30.1 Å². The molecule has 5 nitrogen and oxygen atoms in total. The maximum Gasteiger partial charge on any atom is 0.309 e. The van der Waals surface area contributed by atoms with Crippen molar-refractivity contribution >= 4 is 11.8 Å². The van der Waals surface area contributed by atoms with E-state index in [1.807, 2.05) is 6.07 Å². The van der Waals surface area contributed by atoms with Crippen molar-refractivity contribution in [2.45, 2.75) is 59.0 Å². The van der Waals surface area contributed by atoms with Crippen LogP contribution in [-0.2, 0) is 16.1 Å². The zero-order chi connectivity index (χ0) is 16.9. The van der Waals surface area contributed by atoms with Crippen molar-refractivity contribution in [2.75, 3.05) is 0 Å². The number of carbonyl (C=O) groups is 2. The Kier molecular flexibility index (Phi) is 5.74. The van der Waals surface area contributed by atoms with Crippen LogP contribution in [0.1, 0.15) is 52.0 Å². The van der Waals surface area contributed by atoms with Crippen LogP contribution in [0.25, 0.3) is 0 Å². The molecule has 0 atom stereocenters. The predicted molar refractivity (Wildman–Crippen MR) is 89.4 cm³/mol. The summed E-state index contributed by atoms with van der Waals surface area (Å²) in [5.41, 5.74) is 1.19. The number of nitrogens with one attached hydrogen (secondary N) is 2. The number of nitrogens with zero attached hydrogens (tertiary/aromatic N) is 1. The molecule has 2 amide bonds. The number of pyridine rings is 1. The molecule has 0 unspecified atom stereocenters. The second-order valence-corrected chi connectivity index (χ2v) is 7.43. The van der Waals surface area contributed by atoms with E-state index in [0.717, 1.165) is 31.2 Å². The third-order valence-electron chi connectivity index (χ3n) is 4.67. The molecule has 0 aliphatic heterocycles. The Morgan fingerprint density at radius 3 is 2.43 bits per heavy atom. The van der Waals surface area contributed by atoms with Crippen molar-refractivity contribution in [1.29, 1.82) is 0 Å². The lowest BCUT2D eigenvalue weighted by atomic mass is 9.71. The molecule has 1 saturated carbocycles. The van der Waals surface area contributed by atoms with Crippen molar-refractivity contribution in [1.82, 2.24) is 15.6 Å². The van der Waals surface area contributed by atoms with Gasteiger partial charge in [-0.3, -0.25) is 14.6 Å². The lowest BCUT2D eigenvalue weighted by Crippen LogP contribution is -2.46. The Bertz CT molecular complexity index is 529. The van der Waals surface area contributed by atoms with Crippen molar-refractivity contribution in [3.63, 3.8) is 0 Å². The molecule has 5 heteroatoms. The Morgan fingerprint density at radius 1 is 1.17 bits per heavy atom. The van der Waals surface area contributed by atoms with E-state index in [9.17, 15) is 9.59 Å². The van der Waals surface area contributed by atoms with Gasteiger partial charge in [-0.05, 0) is 48.6 Å². The smallest absolute Gasteiger partial charge is 0.309 e. The van der Waals surface area contributed by atoms with E-state index in [1.54, 1.807) is 18.5 Å². The minimum Gasteiger partial charge on any atom is -0.345 e. The largest absolute Gasteiger partial charge is 0.345 e. The number of rotatable bonds is 3. The second kappa shape index (κ2) is 7.57. The lowest BCUT2D eigenvalue weighted by Gasteiger charge is -2.37. The first kappa shape index (κ1) is 17.4. The Balaban J connectivity index is 1.73. The van der Waals surface area contributed by atoms with E-state index in [-0.39, 0.29) is 6.04 Å². The summed E-state index contributed by atoms with van der Waals surface area (Å²) in [5, 5.41) is 5.49. The fraction of sp³-hybridized carbons (Fsp3) is 0.611. The average Bonchev–Trinajstić information content (AvgIpc) is 2.53. The topological polar surface area (TPSA) is 71.1 Å². The monoisotopic (exact) mass is 317 g/mol.